The lowest BCUT2D eigenvalue weighted by molar-refractivity contribution is -0.146. The third kappa shape index (κ3) is 3.09. The lowest BCUT2D eigenvalue weighted by Gasteiger charge is -2.02. The first-order chi connectivity index (χ1) is 10.4. The van der Waals surface area contributed by atoms with Crippen molar-refractivity contribution in [1.82, 2.24) is 25.1 Å². The Labute approximate surface area is 129 Å². The minimum atomic E-state index is -4.62. The first-order valence-electron chi connectivity index (χ1n) is 6.01. The van der Waals surface area contributed by atoms with Crippen LogP contribution >= 0.6 is 22.7 Å². The highest BCUT2D eigenvalue weighted by atomic mass is 32.1. The lowest BCUT2D eigenvalue weighted by atomic mass is 10.3. The van der Waals surface area contributed by atoms with Crippen molar-refractivity contribution in [3.05, 3.63) is 33.2 Å². The molecule has 11 heteroatoms. The Morgan fingerprint density at radius 2 is 2.18 bits per heavy atom. The fraction of sp³-hybridized carbons (Fsp3) is 0.273. The van der Waals surface area contributed by atoms with Crippen LogP contribution in [0.5, 0.6) is 0 Å². The minimum absolute atomic E-state index is 0.0369. The molecule has 0 radical (unpaired) electrons. The Balaban J connectivity index is 1.67. The van der Waals surface area contributed by atoms with E-state index in [-0.39, 0.29) is 23.8 Å². The van der Waals surface area contributed by atoms with E-state index in [2.05, 4.69) is 20.6 Å². The summed E-state index contributed by atoms with van der Waals surface area (Å²) in [5.41, 5.74) is 0. The van der Waals surface area contributed by atoms with Gasteiger partial charge in [-0.3, -0.25) is 4.79 Å². The molecule has 3 rings (SSSR count). The monoisotopic (exact) mass is 347 g/mol. The van der Waals surface area contributed by atoms with E-state index in [1.165, 1.54) is 11.3 Å². The van der Waals surface area contributed by atoms with Gasteiger partial charge in [0.1, 0.15) is 5.01 Å². The maximum Gasteiger partial charge on any atom is 0.453 e. The molecule has 0 aliphatic carbocycles. The van der Waals surface area contributed by atoms with Crippen LogP contribution in [0.25, 0.3) is 4.96 Å². The standard InChI is InChI=1S/C11H8F3N5OS2/c12-11(13,14)9-16-17-10-19(9)18-8(22-10)5-15-7(20)4-6-2-1-3-21-6/h1-3H,4-5H2,(H,15,20). The largest absolute Gasteiger partial charge is 0.453 e. The number of rotatable bonds is 4. The van der Waals surface area contributed by atoms with E-state index < -0.39 is 12.0 Å². The number of fused-ring (bicyclic) bond motifs is 1. The predicted molar refractivity (Wildman–Crippen MR) is 73.5 cm³/mol. The second-order valence-electron chi connectivity index (χ2n) is 4.24. The number of carbonyl (C=O) groups excluding carboxylic acids is 1. The van der Waals surface area contributed by atoms with Crippen LogP contribution < -0.4 is 5.32 Å². The lowest BCUT2D eigenvalue weighted by Crippen LogP contribution is -2.24. The van der Waals surface area contributed by atoms with Crippen molar-refractivity contribution in [2.24, 2.45) is 0 Å². The van der Waals surface area contributed by atoms with Crippen molar-refractivity contribution >= 4 is 33.5 Å². The third-order valence-electron chi connectivity index (χ3n) is 2.64. The summed E-state index contributed by atoms with van der Waals surface area (Å²) >= 11 is 2.41. The van der Waals surface area contributed by atoms with Gasteiger partial charge in [-0.1, -0.05) is 17.4 Å². The SMILES string of the molecule is O=C(Cc1cccs1)NCc1nn2c(C(F)(F)F)nnc2s1. The van der Waals surface area contributed by atoms with Gasteiger partial charge < -0.3 is 5.32 Å². The van der Waals surface area contributed by atoms with E-state index in [1.807, 2.05) is 17.5 Å². The van der Waals surface area contributed by atoms with E-state index in [9.17, 15) is 18.0 Å². The van der Waals surface area contributed by atoms with Gasteiger partial charge in [0.2, 0.25) is 10.9 Å². The highest BCUT2D eigenvalue weighted by molar-refractivity contribution is 7.16. The normalized spacial score (nSPS) is 12.0. The zero-order valence-corrected chi connectivity index (χ0v) is 12.4. The van der Waals surface area contributed by atoms with Crippen LogP contribution in [0.1, 0.15) is 15.7 Å². The molecule has 3 aromatic heterocycles. The summed E-state index contributed by atoms with van der Waals surface area (Å²) < 4.78 is 38.6. The van der Waals surface area contributed by atoms with Gasteiger partial charge in [0, 0.05) is 4.88 Å². The molecule has 1 amide bonds. The molecule has 1 N–H and O–H groups in total. The van der Waals surface area contributed by atoms with Crippen molar-refractivity contribution in [2.45, 2.75) is 19.1 Å². The molecular weight excluding hydrogens is 339 g/mol. The average molecular weight is 347 g/mol. The predicted octanol–water partition coefficient (Wildman–Crippen LogP) is 2.12. The Kier molecular flexibility index (Phi) is 3.83. The quantitative estimate of drug-likeness (QED) is 0.785. The fourth-order valence-electron chi connectivity index (χ4n) is 1.71. The summed E-state index contributed by atoms with van der Waals surface area (Å²) in [5.74, 6) is -1.39. The molecule has 0 saturated heterocycles. The van der Waals surface area contributed by atoms with Gasteiger partial charge in [0.15, 0.2) is 0 Å². The van der Waals surface area contributed by atoms with Crippen LogP contribution in [0.2, 0.25) is 0 Å². The molecule has 0 fully saturated rings. The van der Waals surface area contributed by atoms with Crippen LogP contribution in [0.3, 0.4) is 0 Å². The first-order valence-corrected chi connectivity index (χ1v) is 7.70. The summed E-state index contributed by atoms with van der Waals surface area (Å²) in [5, 5.41) is 15.1. The molecule has 0 aliphatic heterocycles. The van der Waals surface area contributed by atoms with Crippen LogP contribution in [0, 0.1) is 0 Å². The number of hydrogen-bond acceptors (Lipinski definition) is 6. The van der Waals surface area contributed by atoms with E-state index in [4.69, 9.17) is 0 Å². The maximum atomic E-state index is 12.7. The topological polar surface area (TPSA) is 72.2 Å². The number of halogens is 3. The van der Waals surface area contributed by atoms with Gasteiger partial charge in [0.25, 0.3) is 5.82 Å². The highest BCUT2D eigenvalue weighted by Gasteiger charge is 2.38. The van der Waals surface area contributed by atoms with Gasteiger partial charge in [-0.15, -0.1) is 21.5 Å². The van der Waals surface area contributed by atoms with Crippen LogP contribution in [0.4, 0.5) is 13.2 Å². The second kappa shape index (κ2) is 5.65. The fourth-order valence-corrected chi connectivity index (χ4v) is 3.19. The number of amides is 1. The molecule has 0 aromatic carbocycles. The van der Waals surface area contributed by atoms with Crippen molar-refractivity contribution in [3.63, 3.8) is 0 Å². The summed E-state index contributed by atoms with van der Waals surface area (Å²) in [6.45, 7) is 0.0511. The molecule has 0 bridgehead atoms. The van der Waals surface area contributed by atoms with Crippen molar-refractivity contribution < 1.29 is 18.0 Å². The first kappa shape index (κ1) is 14.9. The Bertz CT molecular complexity index is 792. The number of carbonyl (C=O) groups is 1. The van der Waals surface area contributed by atoms with Crippen molar-refractivity contribution in [3.8, 4) is 0 Å². The number of nitrogens with zero attached hydrogens (tertiary/aromatic N) is 4. The molecule has 3 aromatic rings. The average Bonchev–Trinajstić information content (AvgIpc) is 3.10. The molecule has 6 nitrogen and oxygen atoms in total. The van der Waals surface area contributed by atoms with Gasteiger partial charge in [0.05, 0.1) is 13.0 Å². The van der Waals surface area contributed by atoms with Gasteiger partial charge in [-0.2, -0.15) is 22.8 Å². The van der Waals surface area contributed by atoms with E-state index >= 15 is 0 Å². The Hall–Kier alpha value is -2.01. The summed E-state index contributed by atoms with van der Waals surface area (Å²) in [6, 6.07) is 3.68. The highest BCUT2D eigenvalue weighted by Crippen LogP contribution is 2.28. The molecule has 0 spiro atoms. The second-order valence-corrected chi connectivity index (χ2v) is 6.32. The number of hydrogen-bond donors (Lipinski definition) is 1. The van der Waals surface area contributed by atoms with Gasteiger partial charge >= 0.3 is 6.18 Å². The summed E-state index contributed by atoms with van der Waals surface area (Å²) in [4.78, 5) is 12.7. The van der Waals surface area contributed by atoms with Crippen molar-refractivity contribution in [2.75, 3.05) is 0 Å². The smallest absolute Gasteiger partial charge is 0.349 e. The number of thiophene rings is 1. The summed E-state index contributed by atoms with van der Waals surface area (Å²) in [7, 11) is 0. The molecule has 0 atom stereocenters. The number of nitrogens with one attached hydrogen (secondary N) is 1. The van der Waals surface area contributed by atoms with Crippen molar-refractivity contribution in [1.29, 1.82) is 0 Å². The van der Waals surface area contributed by atoms with Gasteiger partial charge in [-0.25, -0.2) is 0 Å². The van der Waals surface area contributed by atoms with Gasteiger partial charge in [-0.05, 0) is 11.4 Å². The molecule has 22 heavy (non-hydrogen) atoms. The zero-order valence-electron chi connectivity index (χ0n) is 10.8. The number of alkyl halides is 3. The zero-order chi connectivity index (χ0) is 15.7. The molecule has 116 valence electrons. The molecule has 0 saturated carbocycles. The molecular formula is C11H8F3N5OS2. The third-order valence-corrected chi connectivity index (χ3v) is 4.41. The van der Waals surface area contributed by atoms with E-state index in [0.717, 1.165) is 16.2 Å². The molecule has 0 unspecified atom stereocenters. The number of aromatic nitrogens is 4. The van der Waals surface area contributed by atoms with E-state index in [0.29, 0.717) is 9.52 Å². The Morgan fingerprint density at radius 3 is 2.86 bits per heavy atom. The van der Waals surface area contributed by atoms with Crippen LogP contribution in [-0.2, 0) is 23.9 Å². The minimum Gasteiger partial charge on any atom is -0.349 e. The molecule has 3 heterocycles. The molecule has 0 aliphatic rings. The summed E-state index contributed by atoms with van der Waals surface area (Å²) in [6.07, 6.45) is -4.39. The van der Waals surface area contributed by atoms with Crippen LogP contribution in [0.15, 0.2) is 17.5 Å². The van der Waals surface area contributed by atoms with E-state index in [1.54, 1.807) is 0 Å². The maximum absolute atomic E-state index is 12.7. The Morgan fingerprint density at radius 1 is 1.36 bits per heavy atom. The van der Waals surface area contributed by atoms with Crippen LogP contribution in [-0.4, -0.2) is 25.7 Å².